The van der Waals surface area contributed by atoms with E-state index in [1.165, 1.54) is 31.7 Å². The van der Waals surface area contributed by atoms with Crippen LogP contribution in [0.25, 0.3) is 0 Å². The molecule has 7 nitrogen and oxygen atoms in total. The third-order valence-corrected chi connectivity index (χ3v) is 4.87. The average Bonchev–Trinajstić information content (AvgIpc) is 2.75. The van der Waals surface area contributed by atoms with Crippen molar-refractivity contribution in [2.75, 3.05) is 0 Å². The van der Waals surface area contributed by atoms with Crippen molar-refractivity contribution < 1.29 is 0 Å². The van der Waals surface area contributed by atoms with Gasteiger partial charge in [0.2, 0.25) is 0 Å². The first-order valence-corrected chi connectivity index (χ1v) is 7.91. The smallest absolute Gasteiger partial charge is 0.314 e. The van der Waals surface area contributed by atoms with Gasteiger partial charge in [0.05, 0.1) is 0 Å². The zero-order valence-electron chi connectivity index (χ0n) is 12.3. The topological polar surface area (TPSA) is 96.4 Å². The van der Waals surface area contributed by atoms with E-state index in [0.717, 1.165) is 30.5 Å². The summed E-state index contributed by atoms with van der Waals surface area (Å²) in [6.45, 7) is 0.960. The second-order valence-corrected chi connectivity index (χ2v) is 6.54. The molecule has 0 aromatic carbocycles. The average molecular weight is 301 g/mol. The third-order valence-electron chi connectivity index (χ3n) is 4.87. The maximum absolute atomic E-state index is 11.4. The maximum atomic E-state index is 11.4. The van der Waals surface area contributed by atoms with Crippen molar-refractivity contribution in [1.29, 1.82) is 0 Å². The van der Waals surface area contributed by atoms with Crippen LogP contribution in [0.1, 0.15) is 43.0 Å². The molecule has 2 aliphatic rings. The maximum Gasteiger partial charge on any atom is 0.325 e. The first kappa shape index (κ1) is 13.5. The Morgan fingerprint density at radius 1 is 1.18 bits per heavy atom. The number of H-pyrrole nitrogens is 2. The molecule has 1 aliphatic heterocycles. The lowest BCUT2D eigenvalue weighted by molar-refractivity contribution is 0.261. The third kappa shape index (κ3) is 2.51. The number of fused-ring (bicyclic) bond motifs is 3. The van der Waals surface area contributed by atoms with Crippen molar-refractivity contribution in [2.45, 2.75) is 45.1 Å². The van der Waals surface area contributed by atoms with Crippen LogP contribution >= 0.6 is 0 Å². The van der Waals surface area contributed by atoms with Crippen LogP contribution < -0.4 is 11.2 Å². The summed E-state index contributed by atoms with van der Waals surface area (Å²) in [6.07, 6.45) is 6.59. The molecular formula is C15H19N5O2. The van der Waals surface area contributed by atoms with Crippen molar-refractivity contribution >= 4 is 0 Å². The minimum Gasteiger partial charge on any atom is -0.314 e. The fraction of sp³-hybridized carbons (Fsp3) is 0.600. The fourth-order valence-electron chi connectivity index (χ4n) is 3.92. The summed E-state index contributed by atoms with van der Waals surface area (Å²) in [5, 5.41) is 8.65. The van der Waals surface area contributed by atoms with Gasteiger partial charge in [-0.05, 0) is 31.1 Å². The molecule has 116 valence electrons. The van der Waals surface area contributed by atoms with Gasteiger partial charge in [0.25, 0.3) is 5.56 Å². The van der Waals surface area contributed by atoms with Gasteiger partial charge < -0.3 is 9.55 Å². The molecule has 0 saturated heterocycles. The van der Waals surface area contributed by atoms with E-state index in [2.05, 4.69) is 24.7 Å². The lowest BCUT2D eigenvalue weighted by Crippen LogP contribution is -2.23. The van der Waals surface area contributed by atoms with Gasteiger partial charge in [0.15, 0.2) is 0 Å². The normalized spacial score (nSPS) is 23.8. The molecule has 2 unspecified atom stereocenters. The summed E-state index contributed by atoms with van der Waals surface area (Å²) < 4.78 is 2.20. The molecule has 1 fully saturated rings. The van der Waals surface area contributed by atoms with E-state index >= 15 is 0 Å². The molecule has 0 radical (unpaired) electrons. The van der Waals surface area contributed by atoms with Gasteiger partial charge in [-0.2, -0.15) is 0 Å². The van der Waals surface area contributed by atoms with Crippen LogP contribution in [0.5, 0.6) is 0 Å². The monoisotopic (exact) mass is 301 g/mol. The molecule has 0 amide bonds. The lowest BCUT2D eigenvalue weighted by atomic mass is 9.81. The van der Waals surface area contributed by atoms with Crippen molar-refractivity contribution in [3.05, 3.63) is 44.2 Å². The van der Waals surface area contributed by atoms with E-state index in [1.54, 1.807) is 0 Å². The van der Waals surface area contributed by atoms with Crippen LogP contribution in [0.15, 0.2) is 15.7 Å². The van der Waals surface area contributed by atoms with E-state index in [4.69, 9.17) is 0 Å². The fourth-order valence-corrected chi connectivity index (χ4v) is 3.92. The molecule has 2 aromatic rings. The van der Waals surface area contributed by atoms with Gasteiger partial charge in [0.1, 0.15) is 11.6 Å². The van der Waals surface area contributed by atoms with Crippen LogP contribution in [0.2, 0.25) is 0 Å². The molecular weight excluding hydrogens is 282 g/mol. The molecule has 4 rings (SSSR count). The number of nitrogens with one attached hydrogen (secondary N) is 2. The molecule has 2 bridgehead atoms. The summed E-state index contributed by atoms with van der Waals surface area (Å²) in [6, 6.07) is 1.41. The Morgan fingerprint density at radius 3 is 2.91 bits per heavy atom. The Labute approximate surface area is 126 Å². The Morgan fingerprint density at radius 2 is 2.05 bits per heavy atom. The molecule has 2 N–H and O–H groups in total. The number of hydrogen-bond acceptors (Lipinski definition) is 4. The summed E-state index contributed by atoms with van der Waals surface area (Å²) in [4.78, 5) is 27.6. The predicted octanol–water partition coefficient (Wildman–Crippen LogP) is 0.608. The molecule has 7 heteroatoms. The van der Waals surface area contributed by atoms with Gasteiger partial charge in [-0.3, -0.25) is 9.78 Å². The summed E-state index contributed by atoms with van der Waals surface area (Å²) in [5.41, 5.74) is -0.282. The summed E-state index contributed by atoms with van der Waals surface area (Å²) >= 11 is 0. The highest BCUT2D eigenvalue weighted by atomic mass is 16.2. The van der Waals surface area contributed by atoms with Gasteiger partial charge in [-0.25, -0.2) is 4.79 Å². The highest BCUT2D eigenvalue weighted by molar-refractivity contribution is 5.10. The minimum atomic E-state index is -0.478. The first-order chi connectivity index (χ1) is 10.7. The molecule has 2 aromatic heterocycles. The van der Waals surface area contributed by atoms with Crippen molar-refractivity contribution in [2.24, 2.45) is 11.8 Å². The first-order valence-electron chi connectivity index (χ1n) is 7.91. The number of nitrogens with zero attached hydrogens (tertiary/aromatic N) is 3. The van der Waals surface area contributed by atoms with E-state index in [9.17, 15) is 9.59 Å². The molecule has 3 heterocycles. The van der Waals surface area contributed by atoms with Gasteiger partial charge in [0, 0.05) is 31.1 Å². The second-order valence-electron chi connectivity index (χ2n) is 6.54. The van der Waals surface area contributed by atoms with Gasteiger partial charge >= 0.3 is 5.69 Å². The highest BCUT2D eigenvalue weighted by Crippen LogP contribution is 2.35. The number of aromatic nitrogens is 5. The van der Waals surface area contributed by atoms with E-state index in [0.29, 0.717) is 18.0 Å². The zero-order valence-corrected chi connectivity index (χ0v) is 12.3. The predicted molar refractivity (Wildman–Crippen MR) is 79.7 cm³/mol. The Hall–Kier alpha value is -2.18. The number of aromatic amines is 2. The van der Waals surface area contributed by atoms with E-state index in [-0.39, 0.29) is 5.56 Å². The molecule has 0 spiro atoms. The zero-order chi connectivity index (χ0) is 15.1. The Kier molecular flexibility index (Phi) is 3.20. The SMILES string of the molecule is O=c1cc(Cc2nnc3n2CC2CCCC(C3)C2)[nH]c(=O)[nH]1. The number of rotatable bonds is 2. The van der Waals surface area contributed by atoms with Crippen LogP contribution in [0.3, 0.4) is 0 Å². The van der Waals surface area contributed by atoms with Crippen LogP contribution in [-0.2, 0) is 19.4 Å². The largest absolute Gasteiger partial charge is 0.325 e. The van der Waals surface area contributed by atoms with Crippen LogP contribution in [0.4, 0.5) is 0 Å². The van der Waals surface area contributed by atoms with Crippen LogP contribution in [0, 0.1) is 11.8 Å². The highest BCUT2D eigenvalue weighted by Gasteiger charge is 2.29. The second kappa shape index (κ2) is 5.23. The van der Waals surface area contributed by atoms with Crippen LogP contribution in [-0.4, -0.2) is 24.7 Å². The molecule has 1 aliphatic carbocycles. The van der Waals surface area contributed by atoms with E-state index < -0.39 is 5.69 Å². The minimum absolute atomic E-state index is 0.384. The molecule has 22 heavy (non-hydrogen) atoms. The van der Waals surface area contributed by atoms with Crippen molar-refractivity contribution in [3.8, 4) is 0 Å². The standard InChI is InChI=1S/C15H19N5O2/c21-14-7-11(16-15(22)17-14)6-13-19-18-12-5-9-2-1-3-10(4-9)8-20(12)13/h7,9-10H,1-6,8H2,(H2,16,17,21,22). The van der Waals surface area contributed by atoms with Gasteiger partial charge in [-0.1, -0.05) is 6.42 Å². The lowest BCUT2D eigenvalue weighted by Gasteiger charge is -2.25. The Balaban J connectivity index is 1.67. The van der Waals surface area contributed by atoms with Gasteiger partial charge in [-0.15, -0.1) is 10.2 Å². The quantitative estimate of drug-likeness (QED) is 0.849. The summed E-state index contributed by atoms with van der Waals surface area (Å²) in [7, 11) is 0. The summed E-state index contributed by atoms with van der Waals surface area (Å²) in [5.74, 6) is 3.32. The van der Waals surface area contributed by atoms with E-state index in [1.807, 2.05) is 0 Å². The van der Waals surface area contributed by atoms with Crippen molar-refractivity contribution in [1.82, 2.24) is 24.7 Å². The molecule has 2 atom stereocenters. The van der Waals surface area contributed by atoms with Crippen molar-refractivity contribution in [3.63, 3.8) is 0 Å². The number of hydrogen-bond donors (Lipinski definition) is 2. The molecule has 1 saturated carbocycles. The Bertz CT molecular complexity index is 774.